The van der Waals surface area contributed by atoms with Crippen molar-refractivity contribution < 1.29 is 4.79 Å². The van der Waals surface area contributed by atoms with E-state index in [0.29, 0.717) is 6.42 Å². The van der Waals surface area contributed by atoms with Gasteiger partial charge in [-0.2, -0.15) is 4.99 Å². The van der Waals surface area contributed by atoms with Gasteiger partial charge in [0.05, 0.1) is 10.2 Å². The number of rotatable bonds is 4. The lowest BCUT2D eigenvalue weighted by atomic mass is 10.1. The number of amides is 1. The highest BCUT2D eigenvalue weighted by Crippen LogP contribution is 2.25. The molecular weight excluding hydrogens is 372 g/mol. The summed E-state index contributed by atoms with van der Waals surface area (Å²) in [6.45, 7) is 2.85. The zero-order chi connectivity index (χ0) is 16.2. The number of para-hydroxylation sites is 1. The molecule has 0 N–H and O–H groups in total. The summed E-state index contributed by atoms with van der Waals surface area (Å²) in [7, 11) is 0. The van der Waals surface area contributed by atoms with Gasteiger partial charge >= 0.3 is 0 Å². The molecule has 0 unspecified atom stereocenters. The third-order valence-corrected chi connectivity index (χ3v) is 5.34. The number of halogens is 1. The van der Waals surface area contributed by atoms with Gasteiger partial charge in [0.1, 0.15) is 0 Å². The molecule has 2 aromatic carbocycles. The first kappa shape index (κ1) is 16.1. The second kappa shape index (κ2) is 7.23. The smallest absolute Gasteiger partial charge is 0.248 e. The molecule has 1 heterocycles. The van der Waals surface area contributed by atoms with Crippen molar-refractivity contribution in [3.8, 4) is 0 Å². The monoisotopic (exact) mass is 388 g/mol. The number of fused-ring (bicyclic) bond motifs is 1. The molecule has 3 rings (SSSR count). The van der Waals surface area contributed by atoms with Gasteiger partial charge in [-0.1, -0.05) is 47.7 Å². The van der Waals surface area contributed by atoms with Crippen LogP contribution in [0.1, 0.15) is 18.9 Å². The van der Waals surface area contributed by atoms with Crippen LogP contribution in [-0.4, -0.2) is 10.5 Å². The predicted molar refractivity (Wildman–Crippen MR) is 98.5 cm³/mol. The van der Waals surface area contributed by atoms with Gasteiger partial charge in [0, 0.05) is 17.4 Å². The second-order valence-electron chi connectivity index (χ2n) is 5.21. The van der Waals surface area contributed by atoms with Crippen molar-refractivity contribution in [2.24, 2.45) is 4.99 Å². The fourth-order valence-corrected chi connectivity index (χ4v) is 4.37. The Kier molecular flexibility index (Phi) is 5.08. The van der Waals surface area contributed by atoms with Crippen molar-refractivity contribution in [3.63, 3.8) is 0 Å². The maximum Gasteiger partial charge on any atom is 0.248 e. The third-order valence-electron chi connectivity index (χ3n) is 3.66. The summed E-state index contributed by atoms with van der Waals surface area (Å²) in [6, 6.07) is 16.1. The Balaban J connectivity index is 1.88. The van der Waals surface area contributed by atoms with Crippen LogP contribution in [-0.2, 0) is 17.8 Å². The van der Waals surface area contributed by atoms with Gasteiger partial charge in [0.2, 0.25) is 5.91 Å². The number of benzene rings is 2. The number of carbonyl (C=O) groups is 1. The van der Waals surface area contributed by atoms with E-state index < -0.39 is 0 Å². The van der Waals surface area contributed by atoms with Crippen LogP contribution < -0.4 is 4.80 Å². The average Bonchev–Trinajstić information content (AvgIpc) is 2.92. The Morgan fingerprint density at radius 1 is 1.17 bits per heavy atom. The van der Waals surface area contributed by atoms with Crippen LogP contribution >= 0.6 is 27.3 Å². The van der Waals surface area contributed by atoms with Crippen molar-refractivity contribution in [1.29, 1.82) is 0 Å². The highest BCUT2D eigenvalue weighted by molar-refractivity contribution is 9.10. The maximum atomic E-state index is 12.2. The van der Waals surface area contributed by atoms with Crippen molar-refractivity contribution in [3.05, 3.63) is 63.4 Å². The standard InChI is InChI=1S/C18H17BrN2OS/c1-2-21-17-14(19)9-6-10-15(17)23-18(21)20-16(22)12-11-13-7-4-3-5-8-13/h3-10H,2,11-12H2,1H3. The largest absolute Gasteiger partial charge is 0.316 e. The van der Waals surface area contributed by atoms with Crippen molar-refractivity contribution >= 4 is 43.4 Å². The van der Waals surface area contributed by atoms with Gasteiger partial charge in [-0.05, 0) is 47.0 Å². The first-order valence-electron chi connectivity index (χ1n) is 7.58. The fourth-order valence-electron chi connectivity index (χ4n) is 2.52. The molecule has 0 radical (unpaired) electrons. The minimum Gasteiger partial charge on any atom is -0.316 e. The first-order valence-corrected chi connectivity index (χ1v) is 9.19. The Hall–Kier alpha value is -1.72. The predicted octanol–water partition coefficient (Wildman–Crippen LogP) is 4.55. The number of aryl methyl sites for hydroxylation is 2. The molecule has 0 aliphatic rings. The summed E-state index contributed by atoms with van der Waals surface area (Å²) in [5, 5.41) is 0. The maximum absolute atomic E-state index is 12.2. The second-order valence-corrected chi connectivity index (χ2v) is 7.07. The summed E-state index contributed by atoms with van der Waals surface area (Å²) < 4.78 is 4.26. The molecule has 0 aliphatic heterocycles. The molecule has 0 atom stereocenters. The lowest BCUT2D eigenvalue weighted by molar-refractivity contribution is -0.118. The zero-order valence-corrected chi connectivity index (χ0v) is 15.2. The molecule has 3 aromatic rings. The van der Waals surface area contributed by atoms with E-state index in [-0.39, 0.29) is 5.91 Å². The van der Waals surface area contributed by atoms with Crippen LogP contribution in [0.4, 0.5) is 0 Å². The van der Waals surface area contributed by atoms with Gasteiger partial charge in [-0.25, -0.2) is 0 Å². The van der Waals surface area contributed by atoms with E-state index in [0.717, 1.165) is 32.5 Å². The topological polar surface area (TPSA) is 34.4 Å². The average molecular weight is 389 g/mol. The number of aromatic nitrogens is 1. The Morgan fingerprint density at radius 2 is 1.96 bits per heavy atom. The van der Waals surface area contributed by atoms with E-state index in [1.54, 1.807) is 11.3 Å². The number of thiazole rings is 1. The highest BCUT2D eigenvalue weighted by Gasteiger charge is 2.09. The molecule has 5 heteroatoms. The summed E-state index contributed by atoms with van der Waals surface area (Å²) in [4.78, 5) is 17.3. The highest BCUT2D eigenvalue weighted by atomic mass is 79.9. The number of hydrogen-bond acceptors (Lipinski definition) is 2. The summed E-state index contributed by atoms with van der Waals surface area (Å²) in [5.41, 5.74) is 2.27. The van der Waals surface area contributed by atoms with Crippen LogP contribution in [0.15, 0.2) is 58.0 Å². The summed E-state index contributed by atoms with van der Waals surface area (Å²) in [6.07, 6.45) is 1.16. The van der Waals surface area contributed by atoms with Gasteiger partial charge in [0.15, 0.2) is 4.80 Å². The van der Waals surface area contributed by atoms with Crippen molar-refractivity contribution in [2.45, 2.75) is 26.3 Å². The third kappa shape index (κ3) is 3.62. The summed E-state index contributed by atoms with van der Waals surface area (Å²) >= 11 is 5.15. The zero-order valence-electron chi connectivity index (χ0n) is 12.8. The molecule has 1 amide bonds. The Morgan fingerprint density at radius 3 is 2.70 bits per heavy atom. The normalized spacial score (nSPS) is 12.0. The lowest BCUT2D eigenvalue weighted by Crippen LogP contribution is -2.16. The van der Waals surface area contributed by atoms with E-state index in [4.69, 9.17) is 0 Å². The molecule has 0 bridgehead atoms. The van der Waals surface area contributed by atoms with Crippen molar-refractivity contribution in [1.82, 2.24) is 4.57 Å². The molecule has 0 spiro atoms. The molecule has 0 aliphatic carbocycles. The van der Waals surface area contributed by atoms with Gasteiger partial charge in [-0.15, -0.1) is 0 Å². The molecule has 0 saturated heterocycles. The number of carbonyl (C=O) groups excluding carboxylic acids is 1. The van der Waals surface area contributed by atoms with Gasteiger partial charge in [0.25, 0.3) is 0 Å². The molecule has 118 valence electrons. The van der Waals surface area contributed by atoms with E-state index in [2.05, 4.69) is 38.5 Å². The van der Waals surface area contributed by atoms with Gasteiger partial charge < -0.3 is 4.57 Å². The summed E-state index contributed by atoms with van der Waals surface area (Å²) in [5.74, 6) is -0.0706. The SMILES string of the molecule is CCn1c(=NC(=O)CCc2ccccc2)sc2cccc(Br)c21. The Bertz CT molecular complexity index is 896. The first-order chi connectivity index (χ1) is 11.2. The molecule has 3 nitrogen and oxygen atoms in total. The minimum atomic E-state index is -0.0706. The van der Waals surface area contributed by atoms with Crippen LogP contribution in [0.5, 0.6) is 0 Å². The minimum absolute atomic E-state index is 0.0706. The van der Waals surface area contributed by atoms with Crippen LogP contribution in [0, 0.1) is 0 Å². The van der Waals surface area contributed by atoms with Crippen molar-refractivity contribution in [2.75, 3.05) is 0 Å². The van der Waals surface area contributed by atoms with Crippen LogP contribution in [0.25, 0.3) is 10.2 Å². The van der Waals surface area contributed by atoms with E-state index in [1.165, 1.54) is 5.56 Å². The van der Waals surface area contributed by atoms with Crippen LogP contribution in [0.2, 0.25) is 0 Å². The molecule has 0 fully saturated rings. The number of hydrogen-bond donors (Lipinski definition) is 0. The Labute approximate surface area is 147 Å². The quantitative estimate of drug-likeness (QED) is 0.645. The molecular formula is C18H17BrN2OS. The van der Waals surface area contributed by atoms with E-state index >= 15 is 0 Å². The molecule has 1 aromatic heterocycles. The van der Waals surface area contributed by atoms with Gasteiger partial charge in [-0.3, -0.25) is 4.79 Å². The van der Waals surface area contributed by atoms with E-state index in [9.17, 15) is 4.79 Å². The molecule has 0 saturated carbocycles. The van der Waals surface area contributed by atoms with Crippen LogP contribution in [0.3, 0.4) is 0 Å². The number of nitrogens with zero attached hydrogens (tertiary/aromatic N) is 2. The molecule has 23 heavy (non-hydrogen) atoms. The fraction of sp³-hybridized carbons (Fsp3) is 0.222. The lowest BCUT2D eigenvalue weighted by Gasteiger charge is -2.02. The van der Waals surface area contributed by atoms with E-state index in [1.807, 2.05) is 42.5 Å².